The Bertz CT molecular complexity index is 1120. The molecule has 4 aromatic rings. The lowest BCUT2D eigenvalue weighted by Gasteiger charge is -2.08. The first-order valence-electron chi connectivity index (χ1n) is 8.02. The lowest BCUT2D eigenvalue weighted by Crippen LogP contribution is -1.96. The van der Waals surface area contributed by atoms with Crippen LogP contribution in [0.1, 0.15) is 33.6 Å². The van der Waals surface area contributed by atoms with Gasteiger partial charge in [-0.2, -0.15) is 5.26 Å². The van der Waals surface area contributed by atoms with Gasteiger partial charge in [-0.3, -0.25) is 0 Å². The molecule has 2 aromatic heterocycles. The summed E-state index contributed by atoms with van der Waals surface area (Å²) in [4.78, 5) is 11.5. The van der Waals surface area contributed by atoms with Crippen LogP contribution in [0.3, 0.4) is 0 Å². The van der Waals surface area contributed by atoms with Crippen molar-refractivity contribution in [3.05, 3.63) is 64.1 Å². The number of rotatable bonds is 2. The predicted molar refractivity (Wildman–Crippen MR) is 96.1 cm³/mol. The van der Waals surface area contributed by atoms with Crippen molar-refractivity contribution in [2.24, 2.45) is 0 Å². The van der Waals surface area contributed by atoms with E-state index >= 15 is 0 Å². The number of hydrogen-bond donors (Lipinski definition) is 2. The van der Waals surface area contributed by atoms with Crippen molar-refractivity contribution in [3.8, 4) is 6.07 Å². The fourth-order valence-corrected chi connectivity index (χ4v) is 3.53. The van der Waals surface area contributed by atoms with E-state index in [1.54, 1.807) is 0 Å². The molecule has 0 bridgehead atoms. The predicted octanol–water partition coefficient (Wildman–Crippen LogP) is 4.43. The number of nitrogens with one attached hydrogen (secondary N) is 2. The second-order valence-corrected chi connectivity index (χ2v) is 6.41. The first-order chi connectivity index (χ1) is 11.6. The minimum atomic E-state index is 0.651. The maximum atomic E-state index is 9.13. The van der Waals surface area contributed by atoms with Crippen molar-refractivity contribution in [1.29, 1.82) is 5.26 Å². The number of nitriles is 1. The largest absolute Gasteiger partial charge is 0.361 e. The monoisotopic (exact) mass is 314 g/mol. The Morgan fingerprint density at radius 1 is 1.04 bits per heavy atom. The summed E-state index contributed by atoms with van der Waals surface area (Å²) in [6.45, 7) is 6.28. The molecule has 0 aliphatic heterocycles. The Morgan fingerprint density at radius 3 is 2.62 bits per heavy atom. The third kappa shape index (κ3) is 2.17. The second kappa shape index (κ2) is 5.24. The average Bonchev–Trinajstić information content (AvgIpc) is 3.18. The van der Waals surface area contributed by atoms with Gasteiger partial charge in [0.1, 0.15) is 5.82 Å². The van der Waals surface area contributed by atoms with E-state index < -0.39 is 0 Å². The molecule has 0 amide bonds. The normalized spacial score (nSPS) is 11.2. The molecule has 2 N–H and O–H groups in total. The zero-order chi connectivity index (χ0) is 16.8. The summed E-state index contributed by atoms with van der Waals surface area (Å²) in [5.41, 5.74) is 8.58. The molecule has 4 heteroatoms. The molecule has 0 saturated heterocycles. The van der Waals surface area contributed by atoms with Gasteiger partial charge in [-0.05, 0) is 61.2 Å². The van der Waals surface area contributed by atoms with E-state index in [0.29, 0.717) is 5.56 Å². The number of fused-ring (bicyclic) bond motifs is 2. The van der Waals surface area contributed by atoms with Crippen molar-refractivity contribution in [3.63, 3.8) is 0 Å². The Hall–Kier alpha value is -3.06. The summed E-state index contributed by atoms with van der Waals surface area (Å²) in [5.74, 6) is 0.928. The summed E-state index contributed by atoms with van der Waals surface area (Å²) in [7, 11) is 0. The lowest BCUT2D eigenvalue weighted by atomic mass is 9.98. The minimum absolute atomic E-state index is 0.651. The van der Waals surface area contributed by atoms with Crippen LogP contribution in [-0.4, -0.2) is 15.0 Å². The molecule has 0 saturated carbocycles. The number of nitrogens with zero attached hydrogens (tertiary/aromatic N) is 2. The standard InChI is InChI=1S/C20H18N4/c1-11-6-12(2)19-15(4-5-22-19)16(11)9-18-23-17-8-14(10-21)7-13(3)20(17)24-18/h4-8,22H,9H2,1-3H3,(H,23,24). The topological polar surface area (TPSA) is 68.3 Å². The number of hydrogen-bond acceptors (Lipinski definition) is 2. The number of benzene rings is 2. The third-order valence-electron chi connectivity index (χ3n) is 4.69. The summed E-state index contributed by atoms with van der Waals surface area (Å²) in [5, 5.41) is 10.4. The molecule has 0 unspecified atom stereocenters. The van der Waals surface area contributed by atoms with Crippen LogP contribution in [0, 0.1) is 32.1 Å². The van der Waals surface area contributed by atoms with Gasteiger partial charge in [0.2, 0.25) is 0 Å². The van der Waals surface area contributed by atoms with Gasteiger partial charge in [-0.15, -0.1) is 0 Å². The zero-order valence-electron chi connectivity index (χ0n) is 14.0. The van der Waals surface area contributed by atoms with Crippen LogP contribution in [0.4, 0.5) is 0 Å². The second-order valence-electron chi connectivity index (χ2n) is 6.41. The summed E-state index contributed by atoms with van der Waals surface area (Å²) in [6.07, 6.45) is 2.74. The molecule has 4 rings (SSSR count). The quantitative estimate of drug-likeness (QED) is 0.574. The van der Waals surface area contributed by atoms with E-state index in [1.165, 1.54) is 27.6 Å². The molecular formula is C20H18N4. The first kappa shape index (κ1) is 14.5. The van der Waals surface area contributed by atoms with Crippen LogP contribution in [0.5, 0.6) is 0 Å². The van der Waals surface area contributed by atoms with Gasteiger partial charge in [0.15, 0.2) is 0 Å². The molecule has 4 nitrogen and oxygen atoms in total. The van der Waals surface area contributed by atoms with Crippen LogP contribution in [0.2, 0.25) is 0 Å². The van der Waals surface area contributed by atoms with E-state index in [0.717, 1.165) is 28.8 Å². The van der Waals surface area contributed by atoms with Gasteiger partial charge >= 0.3 is 0 Å². The van der Waals surface area contributed by atoms with Gasteiger partial charge in [0.25, 0.3) is 0 Å². The van der Waals surface area contributed by atoms with Gasteiger partial charge in [0, 0.05) is 23.5 Å². The van der Waals surface area contributed by atoms with Crippen LogP contribution in [-0.2, 0) is 6.42 Å². The van der Waals surface area contributed by atoms with E-state index in [1.807, 2.05) is 25.3 Å². The van der Waals surface area contributed by atoms with Crippen LogP contribution in [0.25, 0.3) is 21.9 Å². The number of H-pyrrole nitrogens is 2. The van der Waals surface area contributed by atoms with Crippen LogP contribution >= 0.6 is 0 Å². The van der Waals surface area contributed by atoms with Crippen molar-refractivity contribution in [2.45, 2.75) is 27.2 Å². The van der Waals surface area contributed by atoms with Crippen LogP contribution in [0.15, 0.2) is 30.5 Å². The van der Waals surface area contributed by atoms with Crippen LogP contribution < -0.4 is 0 Å². The fourth-order valence-electron chi connectivity index (χ4n) is 3.53. The van der Waals surface area contributed by atoms with E-state index in [4.69, 9.17) is 10.2 Å². The minimum Gasteiger partial charge on any atom is -0.361 e. The van der Waals surface area contributed by atoms with E-state index in [-0.39, 0.29) is 0 Å². The molecule has 2 aromatic carbocycles. The van der Waals surface area contributed by atoms with E-state index in [2.05, 4.69) is 42.0 Å². The highest BCUT2D eigenvalue weighted by Gasteiger charge is 2.13. The Balaban J connectivity index is 1.85. The van der Waals surface area contributed by atoms with E-state index in [9.17, 15) is 0 Å². The summed E-state index contributed by atoms with van der Waals surface area (Å²) in [6, 6.07) is 10.3. The fraction of sp³-hybridized carbons (Fsp3) is 0.200. The lowest BCUT2D eigenvalue weighted by molar-refractivity contribution is 1.03. The molecule has 24 heavy (non-hydrogen) atoms. The molecule has 2 heterocycles. The third-order valence-corrected chi connectivity index (χ3v) is 4.69. The first-order valence-corrected chi connectivity index (χ1v) is 8.02. The zero-order valence-corrected chi connectivity index (χ0v) is 14.0. The number of aromatic amines is 2. The average molecular weight is 314 g/mol. The highest BCUT2D eigenvalue weighted by atomic mass is 14.9. The van der Waals surface area contributed by atoms with Crippen molar-refractivity contribution in [2.75, 3.05) is 0 Å². The van der Waals surface area contributed by atoms with Gasteiger partial charge in [-0.25, -0.2) is 4.98 Å². The maximum Gasteiger partial charge on any atom is 0.111 e. The highest BCUT2D eigenvalue weighted by molar-refractivity contribution is 5.87. The molecule has 118 valence electrons. The SMILES string of the molecule is Cc1cc(C)c2[nH]ccc2c1Cc1nc2cc(C#N)cc(C)c2[nH]1. The van der Waals surface area contributed by atoms with Crippen molar-refractivity contribution < 1.29 is 0 Å². The molecular weight excluding hydrogens is 296 g/mol. The molecule has 0 radical (unpaired) electrons. The number of aryl methyl sites for hydroxylation is 3. The Labute approximate surface area is 140 Å². The van der Waals surface area contributed by atoms with Gasteiger partial charge in [-0.1, -0.05) is 6.07 Å². The van der Waals surface area contributed by atoms with Gasteiger partial charge < -0.3 is 9.97 Å². The maximum absolute atomic E-state index is 9.13. The number of aromatic nitrogens is 3. The van der Waals surface area contributed by atoms with Gasteiger partial charge in [0.05, 0.1) is 22.7 Å². The molecule has 0 atom stereocenters. The Morgan fingerprint density at radius 2 is 1.83 bits per heavy atom. The summed E-state index contributed by atoms with van der Waals surface area (Å²) < 4.78 is 0. The molecule has 0 fully saturated rings. The van der Waals surface area contributed by atoms with Crippen molar-refractivity contribution >= 4 is 21.9 Å². The smallest absolute Gasteiger partial charge is 0.111 e. The van der Waals surface area contributed by atoms with Crippen molar-refractivity contribution in [1.82, 2.24) is 15.0 Å². The Kier molecular flexibility index (Phi) is 3.17. The summed E-state index contributed by atoms with van der Waals surface area (Å²) >= 11 is 0. The molecule has 0 aliphatic rings. The molecule has 0 aliphatic carbocycles. The highest BCUT2D eigenvalue weighted by Crippen LogP contribution is 2.27. The molecule has 0 spiro atoms. The number of imidazole rings is 1.